The Morgan fingerprint density at radius 3 is 2.44 bits per heavy atom. The minimum Gasteiger partial charge on any atom is -0.477 e. The Balaban J connectivity index is 2.03. The predicted octanol–water partition coefficient (Wildman–Crippen LogP) is 3.63. The van der Waals surface area contributed by atoms with Crippen molar-refractivity contribution in [1.29, 1.82) is 0 Å². The van der Waals surface area contributed by atoms with E-state index >= 15 is 0 Å². The summed E-state index contributed by atoms with van der Waals surface area (Å²) >= 11 is 0. The van der Waals surface area contributed by atoms with Gasteiger partial charge in [-0.25, -0.2) is 4.39 Å². The van der Waals surface area contributed by atoms with E-state index in [2.05, 4.69) is 5.32 Å². The molecule has 25 heavy (non-hydrogen) atoms. The van der Waals surface area contributed by atoms with Crippen molar-refractivity contribution in [2.75, 3.05) is 6.61 Å². The number of benzene rings is 2. The van der Waals surface area contributed by atoms with Gasteiger partial charge in [0.25, 0.3) is 5.91 Å². The second-order valence-electron chi connectivity index (χ2n) is 5.85. The maximum Gasteiger partial charge on any atom is 0.310 e. The fraction of sp³-hybridized carbons (Fsp3) is 0.278. The van der Waals surface area contributed by atoms with Gasteiger partial charge in [-0.05, 0) is 29.7 Å². The number of amides is 1. The first kappa shape index (κ1) is 18.4. The van der Waals surface area contributed by atoms with Crippen LogP contribution in [0.25, 0.3) is 0 Å². The lowest BCUT2D eigenvalue weighted by molar-refractivity contribution is -0.385. The molecule has 2 aromatic rings. The highest BCUT2D eigenvalue weighted by Crippen LogP contribution is 2.26. The summed E-state index contributed by atoms with van der Waals surface area (Å²) in [6, 6.07) is 11.4. The van der Waals surface area contributed by atoms with Gasteiger partial charge in [0, 0.05) is 6.07 Å². The van der Waals surface area contributed by atoms with E-state index in [4.69, 9.17) is 4.74 Å². The molecular formula is C18H19FN2O4. The number of carbonyl (C=O) groups excluding carboxylic acids is 1. The summed E-state index contributed by atoms with van der Waals surface area (Å²) in [7, 11) is 0. The molecule has 7 heteroatoms. The Morgan fingerprint density at radius 1 is 1.20 bits per heavy atom. The van der Waals surface area contributed by atoms with Crippen LogP contribution in [0, 0.1) is 21.8 Å². The van der Waals surface area contributed by atoms with Gasteiger partial charge in [-0.15, -0.1) is 0 Å². The minimum absolute atomic E-state index is 0.0329. The number of hydrogen-bond acceptors (Lipinski definition) is 4. The monoisotopic (exact) mass is 346 g/mol. The summed E-state index contributed by atoms with van der Waals surface area (Å²) in [5, 5.41) is 13.8. The molecule has 0 aliphatic carbocycles. The largest absolute Gasteiger partial charge is 0.477 e. The predicted molar refractivity (Wildman–Crippen MR) is 90.7 cm³/mol. The number of nitro groups is 1. The Bertz CT molecular complexity index is 747. The highest BCUT2D eigenvalue weighted by molar-refractivity contribution is 5.78. The Labute approximate surface area is 144 Å². The van der Waals surface area contributed by atoms with Gasteiger partial charge in [-0.1, -0.05) is 38.1 Å². The van der Waals surface area contributed by atoms with Crippen LogP contribution in [0.15, 0.2) is 48.5 Å². The topological polar surface area (TPSA) is 81.5 Å². The lowest BCUT2D eigenvalue weighted by Crippen LogP contribution is -2.35. The van der Waals surface area contributed by atoms with Gasteiger partial charge in [0.05, 0.1) is 11.0 Å². The van der Waals surface area contributed by atoms with Crippen molar-refractivity contribution in [2.24, 2.45) is 5.92 Å². The normalized spacial score (nSPS) is 11.8. The molecule has 0 unspecified atom stereocenters. The van der Waals surface area contributed by atoms with Gasteiger partial charge in [0.1, 0.15) is 5.82 Å². The number of hydrogen-bond donors (Lipinski definition) is 1. The third-order valence-corrected chi connectivity index (χ3v) is 3.63. The smallest absolute Gasteiger partial charge is 0.310 e. The van der Waals surface area contributed by atoms with Crippen LogP contribution < -0.4 is 10.1 Å². The van der Waals surface area contributed by atoms with Crippen molar-refractivity contribution < 1.29 is 18.8 Å². The van der Waals surface area contributed by atoms with Crippen LogP contribution >= 0.6 is 0 Å². The van der Waals surface area contributed by atoms with Crippen LogP contribution in [0.3, 0.4) is 0 Å². The number of ether oxygens (including phenoxy) is 1. The van der Waals surface area contributed by atoms with Crippen molar-refractivity contribution in [3.05, 3.63) is 70.0 Å². The molecule has 132 valence electrons. The van der Waals surface area contributed by atoms with Crippen molar-refractivity contribution in [3.63, 3.8) is 0 Å². The maximum absolute atomic E-state index is 13.1. The quantitative estimate of drug-likeness (QED) is 0.613. The molecular weight excluding hydrogens is 327 g/mol. The van der Waals surface area contributed by atoms with Crippen LogP contribution in [0.4, 0.5) is 10.1 Å². The van der Waals surface area contributed by atoms with E-state index in [1.54, 1.807) is 18.2 Å². The second-order valence-corrected chi connectivity index (χ2v) is 5.85. The van der Waals surface area contributed by atoms with E-state index in [1.165, 1.54) is 30.3 Å². The Morgan fingerprint density at radius 2 is 1.84 bits per heavy atom. The molecule has 2 rings (SSSR count). The molecule has 1 atom stereocenters. The lowest BCUT2D eigenvalue weighted by atomic mass is 9.96. The molecule has 0 radical (unpaired) electrons. The van der Waals surface area contributed by atoms with Crippen molar-refractivity contribution in [1.82, 2.24) is 5.32 Å². The summed E-state index contributed by atoms with van der Waals surface area (Å²) in [6.45, 7) is 3.50. The number of nitrogens with one attached hydrogen (secondary N) is 1. The molecule has 0 aliphatic rings. The number of halogens is 1. The molecule has 2 aromatic carbocycles. The zero-order valence-electron chi connectivity index (χ0n) is 13.9. The van der Waals surface area contributed by atoms with Crippen molar-refractivity contribution in [2.45, 2.75) is 19.9 Å². The van der Waals surface area contributed by atoms with Crippen molar-refractivity contribution >= 4 is 11.6 Å². The summed E-state index contributed by atoms with van der Waals surface area (Å²) in [4.78, 5) is 22.5. The molecule has 0 aliphatic heterocycles. The zero-order valence-corrected chi connectivity index (χ0v) is 13.9. The summed E-state index contributed by atoms with van der Waals surface area (Å²) in [5.41, 5.74) is 0.574. The van der Waals surface area contributed by atoms with Crippen LogP contribution in [-0.4, -0.2) is 17.4 Å². The average Bonchev–Trinajstić information content (AvgIpc) is 2.58. The summed E-state index contributed by atoms with van der Waals surface area (Å²) < 4.78 is 18.3. The lowest BCUT2D eigenvalue weighted by Gasteiger charge is -2.23. The van der Waals surface area contributed by atoms with Crippen LogP contribution in [0.5, 0.6) is 5.75 Å². The molecule has 6 nitrogen and oxygen atoms in total. The second kappa shape index (κ2) is 8.23. The Kier molecular flexibility index (Phi) is 6.05. The van der Waals surface area contributed by atoms with Crippen molar-refractivity contribution in [3.8, 4) is 5.75 Å². The van der Waals surface area contributed by atoms with Gasteiger partial charge in [0.2, 0.25) is 0 Å². The first-order valence-corrected chi connectivity index (χ1v) is 7.79. The van der Waals surface area contributed by atoms with E-state index in [1.807, 2.05) is 13.8 Å². The SMILES string of the molecule is CC(C)[C@H](NC(=O)COc1ccccc1[N+](=O)[O-])c1ccc(F)cc1. The molecule has 0 spiro atoms. The maximum atomic E-state index is 13.1. The van der Waals surface area contributed by atoms with E-state index in [-0.39, 0.29) is 35.8 Å². The van der Waals surface area contributed by atoms with Gasteiger partial charge >= 0.3 is 5.69 Å². The first-order chi connectivity index (χ1) is 11.9. The van der Waals surface area contributed by atoms with Gasteiger partial charge in [-0.3, -0.25) is 14.9 Å². The fourth-order valence-electron chi connectivity index (χ4n) is 2.39. The highest BCUT2D eigenvalue weighted by Gasteiger charge is 2.20. The van der Waals surface area contributed by atoms with E-state index < -0.39 is 10.8 Å². The number of nitrogens with zero attached hydrogens (tertiary/aromatic N) is 1. The number of nitro benzene ring substituents is 1. The molecule has 0 saturated carbocycles. The third kappa shape index (κ3) is 5.00. The molecule has 1 N–H and O–H groups in total. The number of carbonyl (C=O) groups is 1. The van der Waals surface area contributed by atoms with E-state index in [0.717, 1.165) is 5.56 Å². The van der Waals surface area contributed by atoms with Gasteiger partial charge in [-0.2, -0.15) is 0 Å². The average molecular weight is 346 g/mol. The number of rotatable bonds is 7. The first-order valence-electron chi connectivity index (χ1n) is 7.79. The fourth-order valence-corrected chi connectivity index (χ4v) is 2.39. The summed E-state index contributed by atoms with van der Waals surface area (Å²) in [6.07, 6.45) is 0. The molecule has 0 aromatic heterocycles. The minimum atomic E-state index is -0.567. The number of para-hydroxylation sites is 2. The zero-order chi connectivity index (χ0) is 18.4. The van der Waals surface area contributed by atoms with Gasteiger partial charge < -0.3 is 10.1 Å². The molecule has 0 bridgehead atoms. The molecule has 1 amide bonds. The molecule has 0 heterocycles. The summed E-state index contributed by atoms with van der Waals surface area (Å²) in [5.74, 6) is -0.663. The van der Waals surface area contributed by atoms with Crippen LogP contribution in [-0.2, 0) is 4.79 Å². The van der Waals surface area contributed by atoms with Crippen LogP contribution in [0.2, 0.25) is 0 Å². The van der Waals surface area contributed by atoms with Crippen LogP contribution in [0.1, 0.15) is 25.5 Å². The third-order valence-electron chi connectivity index (χ3n) is 3.63. The molecule has 0 saturated heterocycles. The van der Waals surface area contributed by atoms with E-state index in [9.17, 15) is 19.3 Å². The molecule has 0 fully saturated rings. The highest BCUT2D eigenvalue weighted by atomic mass is 19.1. The standard InChI is InChI=1S/C18H19FN2O4/c1-12(2)18(13-7-9-14(19)10-8-13)20-17(22)11-25-16-6-4-3-5-15(16)21(23)24/h3-10,12,18H,11H2,1-2H3,(H,20,22)/t18-/m0/s1. The Hall–Kier alpha value is -2.96. The van der Waals surface area contributed by atoms with Gasteiger partial charge in [0.15, 0.2) is 12.4 Å². The van der Waals surface area contributed by atoms with E-state index in [0.29, 0.717) is 0 Å².